The average molecular weight is 238 g/mol. The van der Waals surface area contributed by atoms with Gasteiger partial charge in [0.05, 0.1) is 6.61 Å². The number of ether oxygens (including phenoxy) is 3. The van der Waals surface area contributed by atoms with Crippen molar-refractivity contribution in [1.82, 2.24) is 0 Å². The molecule has 0 spiro atoms. The van der Waals surface area contributed by atoms with Gasteiger partial charge in [0, 0.05) is 6.92 Å². The van der Waals surface area contributed by atoms with E-state index in [2.05, 4.69) is 0 Å². The lowest BCUT2D eigenvalue weighted by molar-refractivity contribution is -0.145. The van der Waals surface area contributed by atoms with Gasteiger partial charge in [-0.3, -0.25) is 4.79 Å². The number of hydrogen-bond donors (Lipinski definition) is 0. The Bertz CT molecular complexity index is 400. The molecular weight excluding hydrogens is 224 g/mol. The van der Waals surface area contributed by atoms with E-state index in [4.69, 9.17) is 14.2 Å². The minimum absolute atomic E-state index is 0.216. The summed E-state index contributed by atoms with van der Waals surface area (Å²) in [6.45, 7) is 3.09. The van der Waals surface area contributed by atoms with Gasteiger partial charge in [0.25, 0.3) is 0 Å². The zero-order valence-corrected chi connectivity index (χ0v) is 9.76. The third-order valence-corrected chi connectivity index (χ3v) is 1.75. The largest absolute Gasteiger partial charge is 0.478 e. The van der Waals surface area contributed by atoms with E-state index in [0.717, 1.165) is 0 Å². The molecule has 0 radical (unpaired) electrons. The summed E-state index contributed by atoms with van der Waals surface area (Å²) in [6, 6.07) is 6.61. The molecule has 1 rings (SSSR count). The molecule has 0 saturated heterocycles. The van der Waals surface area contributed by atoms with Crippen LogP contribution in [0.2, 0.25) is 0 Å². The van der Waals surface area contributed by atoms with Crippen molar-refractivity contribution in [2.45, 2.75) is 13.8 Å². The van der Waals surface area contributed by atoms with Crippen LogP contribution >= 0.6 is 0 Å². The van der Waals surface area contributed by atoms with Crippen LogP contribution in [0.5, 0.6) is 11.5 Å². The Balaban J connectivity index is 2.63. The molecule has 0 N–H and O–H groups in total. The molecule has 0 amide bonds. The highest BCUT2D eigenvalue weighted by Crippen LogP contribution is 2.26. The van der Waals surface area contributed by atoms with Crippen LogP contribution in [-0.2, 0) is 14.3 Å². The first kappa shape index (κ1) is 13.0. The highest BCUT2D eigenvalue weighted by molar-refractivity contribution is 5.72. The first-order valence-corrected chi connectivity index (χ1v) is 5.19. The van der Waals surface area contributed by atoms with Gasteiger partial charge in [-0.15, -0.1) is 0 Å². The van der Waals surface area contributed by atoms with E-state index in [-0.39, 0.29) is 12.4 Å². The van der Waals surface area contributed by atoms with Crippen LogP contribution < -0.4 is 9.47 Å². The fourth-order valence-electron chi connectivity index (χ4n) is 1.15. The van der Waals surface area contributed by atoms with Gasteiger partial charge in [0.2, 0.25) is 0 Å². The maximum absolute atomic E-state index is 11.1. The summed E-state index contributed by atoms with van der Waals surface area (Å²) in [6.07, 6.45) is 0. The Labute approximate surface area is 99.3 Å². The third-order valence-electron chi connectivity index (χ3n) is 1.75. The Kier molecular flexibility index (Phi) is 5.00. The Morgan fingerprint density at radius 2 is 1.82 bits per heavy atom. The van der Waals surface area contributed by atoms with Crippen LogP contribution in [0.3, 0.4) is 0 Å². The molecule has 0 aliphatic rings. The monoisotopic (exact) mass is 238 g/mol. The van der Waals surface area contributed by atoms with Crippen LogP contribution in [-0.4, -0.2) is 25.2 Å². The molecule has 5 nitrogen and oxygen atoms in total. The molecule has 0 bridgehead atoms. The maximum Gasteiger partial charge on any atom is 0.344 e. The second-order valence-electron chi connectivity index (χ2n) is 3.13. The predicted octanol–water partition coefficient (Wildman–Crippen LogP) is 1.55. The predicted molar refractivity (Wildman–Crippen MR) is 59.9 cm³/mol. The SMILES string of the molecule is CCOC(=O)COc1ccccc1OC(C)=O. The van der Waals surface area contributed by atoms with E-state index < -0.39 is 11.9 Å². The Morgan fingerprint density at radius 1 is 1.18 bits per heavy atom. The molecule has 5 heteroatoms. The minimum Gasteiger partial charge on any atom is -0.478 e. The van der Waals surface area contributed by atoms with Gasteiger partial charge in [-0.25, -0.2) is 4.79 Å². The fourth-order valence-corrected chi connectivity index (χ4v) is 1.15. The zero-order chi connectivity index (χ0) is 12.7. The Morgan fingerprint density at radius 3 is 2.41 bits per heavy atom. The summed E-state index contributed by atoms with van der Waals surface area (Å²) in [4.78, 5) is 21.9. The summed E-state index contributed by atoms with van der Waals surface area (Å²) in [5.74, 6) is -0.303. The van der Waals surface area contributed by atoms with Gasteiger partial charge in [-0.2, -0.15) is 0 Å². The molecule has 1 aromatic rings. The van der Waals surface area contributed by atoms with Crippen molar-refractivity contribution >= 4 is 11.9 Å². The number of carbonyl (C=O) groups excluding carboxylic acids is 2. The lowest BCUT2D eigenvalue weighted by Crippen LogP contribution is -2.15. The summed E-state index contributed by atoms with van der Waals surface area (Å²) in [7, 11) is 0. The molecule has 17 heavy (non-hydrogen) atoms. The smallest absolute Gasteiger partial charge is 0.344 e. The molecule has 0 saturated carbocycles. The van der Waals surface area contributed by atoms with Crippen LogP contribution in [0.1, 0.15) is 13.8 Å². The van der Waals surface area contributed by atoms with Crippen molar-refractivity contribution in [1.29, 1.82) is 0 Å². The number of para-hydroxylation sites is 2. The van der Waals surface area contributed by atoms with Crippen molar-refractivity contribution in [3.8, 4) is 11.5 Å². The van der Waals surface area contributed by atoms with E-state index in [1.165, 1.54) is 6.92 Å². The van der Waals surface area contributed by atoms with Gasteiger partial charge in [0.15, 0.2) is 18.1 Å². The topological polar surface area (TPSA) is 61.8 Å². The summed E-state index contributed by atoms with van der Waals surface area (Å²) in [5, 5.41) is 0. The van der Waals surface area contributed by atoms with Gasteiger partial charge < -0.3 is 14.2 Å². The van der Waals surface area contributed by atoms with Crippen LogP contribution in [0.4, 0.5) is 0 Å². The molecule has 1 aromatic carbocycles. The number of benzene rings is 1. The second kappa shape index (κ2) is 6.52. The van der Waals surface area contributed by atoms with Crippen LogP contribution in [0, 0.1) is 0 Å². The van der Waals surface area contributed by atoms with Crippen molar-refractivity contribution in [3.05, 3.63) is 24.3 Å². The molecule has 92 valence electrons. The van der Waals surface area contributed by atoms with E-state index in [1.54, 1.807) is 31.2 Å². The average Bonchev–Trinajstić information content (AvgIpc) is 2.27. The highest BCUT2D eigenvalue weighted by Gasteiger charge is 2.09. The van der Waals surface area contributed by atoms with Crippen LogP contribution in [0.25, 0.3) is 0 Å². The van der Waals surface area contributed by atoms with Crippen molar-refractivity contribution in [2.24, 2.45) is 0 Å². The Hall–Kier alpha value is -2.04. The fraction of sp³-hybridized carbons (Fsp3) is 0.333. The number of esters is 2. The summed E-state index contributed by atoms with van der Waals surface area (Å²) in [5.41, 5.74) is 0. The number of carbonyl (C=O) groups is 2. The van der Waals surface area contributed by atoms with E-state index in [0.29, 0.717) is 12.4 Å². The van der Waals surface area contributed by atoms with E-state index in [1.807, 2.05) is 0 Å². The normalized spacial score (nSPS) is 9.53. The van der Waals surface area contributed by atoms with Gasteiger partial charge >= 0.3 is 11.9 Å². The van der Waals surface area contributed by atoms with Gasteiger partial charge in [-0.1, -0.05) is 12.1 Å². The van der Waals surface area contributed by atoms with Crippen molar-refractivity contribution < 1.29 is 23.8 Å². The molecule has 0 fully saturated rings. The van der Waals surface area contributed by atoms with E-state index >= 15 is 0 Å². The zero-order valence-electron chi connectivity index (χ0n) is 9.76. The molecule has 0 aromatic heterocycles. The van der Waals surface area contributed by atoms with Crippen molar-refractivity contribution in [2.75, 3.05) is 13.2 Å². The second-order valence-corrected chi connectivity index (χ2v) is 3.13. The molecule has 0 unspecified atom stereocenters. The summed E-state index contributed by atoms with van der Waals surface area (Å²) >= 11 is 0. The van der Waals surface area contributed by atoms with Crippen molar-refractivity contribution in [3.63, 3.8) is 0 Å². The quantitative estimate of drug-likeness (QED) is 0.575. The highest BCUT2D eigenvalue weighted by atomic mass is 16.6. The molecule has 0 atom stereocenters. The lowest BCUT2D eigenvalue weighted by atomic mass is 10.3. The molecule has 0 aliphatic heterocycles. The third kappa shape index (κ3) is 4.55. The van der Waals surface area contributed by atoms with Gasteiger partial charge in [0.1, 0.15) is 0 Å². The van der Waals surface area contributed by atoms with E-state index in [9.17, 15) is 9.59 Å². The standard InChI is InChI=1S/C12H14O5/c1-3-15-12(14)8-16-10-6-4-5-7-11(10)17-9(2)13/h4-7H,3,8H2,1-2H3. The molecule has 0 aliphatic carbocycles. The van der Waals surface area contributed by atoms with Gasteiger partial charge in [-0.05, 0) is 19.1 Å². The minimum atomic E-state index is -0.467. The van der Waals surface area contributed by atoms with Crippen LogP contribution in [0.15, 0.2) is 24.3 Å². The molecular formula is C12H14O5. The lowest BCUT2D eigenvalue weighted by Gasteiger charge is -2.09. The number of hydrogen-bond acceptors (Lipinski definition) is 5. The maximum atomic E-state index is 11.1. The molecule has 0 heterocycles. The first-order valence-electron chi connectivity index (χ1n) is 5.19. The first-order chi connectivity index (χ1) is 8.13. The summed E-state index contributed by atoms with van der Waals surface area (Å²) < 4.78 is 14.8. The number of rotatable bonds is 5.